The van der Waals surface area contributed by atoms with Crippen LogP contribution in [0.15, 0.2) is 18.3 Å². The molecule has 9 heteroatoms. The number of aromatic nitrogens is 4. The number of pyridine rings is 1. The Bertz CT molecular complexity index is 1160. The van der Waals surface area contributed by atoms with Crippen molar-refractivity contribution in [3.05, 3.63) is 23.9 Å². The molecule has 0 amide bonds. The van der Waals surface area contributed by atoms with Crippen molar-refractivity contribution in [2.75, 3.05) is 31.3 Å². The quantitative estimate of drug-likeness (QED) is 0.584. The van der Waals surface area contributed by atoms with Crippen LogP contribution in [-0.2, 0) is 14.9 Å². The monoisotopic (exact) mass is 452 g/mol. The van der Waals surface area contributed by atoms with Gasteiger partial charge in [-0.15, -0.1) is 0 Å². The van der Waals surface area contributed by atoms with E-state index in [9.17, 15) is 5.26 Å². The molecule has 3 aromatic heterocycles. The molecule has 2 aliphatic heterocycles. The van der Waals surface area contributed by atoms with Crippen molar-refractivity contribution in [1.82, 2.24) is 19.1 Å². The SMILES string of the molecule is C[C@@H]1COCCN1c1cc(C(C)(C)C#N)c2snc(-c3ccnn3C3CCCCO3)c2n1. The molecule has 168 valence electrons. The molecule has 3 aromatic rings. The van der Waals surface area contributed by atoms with Gasteiger partial charge in [0, 0.05) is 19.3 Å². The normalized spacial score (nSPS) is 22.2. The lowest BCUT2D eigenvalue weighted by Gasteiger charge is -2.35. The van der Waals surface area contributed by atoms with E-state index in [1.807, 2.05) is 24.6 Å². The second-order valence-corrected chi connectivity index (χ2v) is 9.85. The summed E-state index contributed by atoms with van der Waals surface area (Å²) in [7, 11) is 0. The molecule has 2 fully saturated rings. The van der Waals surface area contributed by atoms with Gasteiger partial charge in [0.1, 0.15) is 17.0 Å². The highest BCUT2D eigenvalue weighted by Crippen LogP contribution is 2.40. The Morgan fingerprint density at radius 2 is 2.16 bits per heavy atom. The Morgan fingerprint density at radius 1 is 1.28 bits per heavy atom. The van der Waals surface area contributed by atoms with Crippen molar-refractivity contribution in [2.45, 2.75) is 57.7 Å². The average molecular weight is 453 g/mol. The van der Waals surface area contributed by atoms with E-state index in [-0.39, 0.29) is 12.3 Å². The van der Waals surface area contributed by atoms with Crippen LogP contribution >= 0.6 is 11.5 Å². The first-order chi connectivity index (χ1) is 15.5. The fourth-order valence-electron chi connectivity index (χ4n) is 4.46. The van der Waals surface area contributed by atoms with Gasteiger partial charge >= 0.3 is 0 Å². The molecule has 2 atom stereocenters. The second-order valence-electron chi connectivity index (χ2n) is 9.07. The Kier molecular flexibility index (Phi) is 5.61. The molecule has 0 radical (unpaired) electrons. The lowest BCUT2D eigenvalue weighted by atomic mass is 9.86. The predicted molar refractivity (Wildman–Crippen MR) is 124 cm³/mol. The van der Waals surface area contributed by atoms with Gasteiger partial charge < -0.3 is 14.4 Å². The summed E-state index contributed by atoms with van der Waals surface area (Å²) in [5, 5.41) is 14.5. The zero-order chi connectivity index (χ0) is 22.3. The Labute approximate surface area is 191 Å². The molecule has 32 heavy (non-hydrogen) atoms. The van der Waals surface area contributed by atoms with E-state index in [1.165, 1.54) is 11.5 Å². The van der Waals surface area contributed by atoms with Gasteiger partial charge in [-0.25, -0.2) is 9.67 Å². The number of ether oxygens (including phenoxy) is 2. The molecule has 5 heterocycles. The van der Waals surface area contributed by atoms with Gasteiger partial charge in [-0.2, -0.15) is 14.7 Å². The molecule has 1 unspecified atom stereocenters. The van der Waals surface area contributed by atoms with E-state index in [2.05, 4.69) is 29.1 Å². The minimum absolute atomic E-state index is 0.0806. The molecule has 2 saturated heterocycles. The molecule has 0 bridgehead atoms. The zero-order valence-corrected chi connectivity index (χ0v) is 19.6. The van der Waals surface area contributed by atoms with Gasteiger partial charge in [-0.1, -0.05) is 0 Å². The van der Waals surface area contributed by atoms with Gasteiger partial charge in [0.25, 0.3) is 0 Å². The minimum atomic E-state index is -0.665. The highest BCUT2D eigenvalue weighted by Gasteiger charge is 2.30. The molecule has 8 nitrogen and oxygen atoms in total. The van der Waals surface area contributed by atoms with E-state index in [0.29, 0.717) is 13.2 Å². The van der Waals surface area contributed by atoms with E-state index < -0.39 is 5.41 Å². The molecular weight excluding hydrogens is 424 g/mol. The number of nitriles is 1. The molecule has 5 rings (SSSR count). The number of anilines is 1. The smallest absolute Gasteiger partial charge is 0.150 e. The summed E-state index contributed by atoms with van der Waals surface area (Å²) in [4.78, 5) is 7.35. The first kappa shape index (κ1) is 21.3. The standard InChI is InChI=1S/C23H28N6O2S/c1-15-13-30-11-9-28(15)18-12-16(23(2,3)14-24)22-21(26-18)20(27-32-22)17-7-8-25-29(17)19-6-4-5-10-31-19/h7-8,12,15,19H,4-6,9-11,13H2,1-3H3/t15-,19?/m1/s1. The molecule has 0 N–H and O–H groups in total. The van der Waals surface area contributed by atoms with Gasteiger partial charge in [-0.3, -0.25) is 0 Å². The highest BCUT2D eigenvalue weighted by atomic mass is 32.1. The van der Waals surface area contributed by atoms with Gasteiger partial charge in [-0.05, 0) is 69.3 Å². The summed E-state index contributed by atoms with van der Waals surface area (Å²) in [5.41, 5.74) is 2.82. The van der Waals surface area contributed by atoms with E-state index in [0.717, 1.165) is 65.4 Å². The van der Waals surface area contributed by atoms with Crippen molar-refractivity contribution in [2.24, 2.45) is 0 Å². The molecule has 0 saturated carbocycles. The Hall–Kier alpha value is -2.54. The van der Waals surface area contributed by atoms with E-state index in [4.69, 9.17) is 18.8 Å². The average Bonchev–Trinajstić information content (AvgIpc) is 3.46. The molecule has 0 aliphatic carbocycles. The summed E-state index contributed by atoms with van der Waals surface area (Å²) in [6.07, 6.45) is 4.87. The van der Waals surface area contributed by atoms with Gasteiger partial charge in [0.2, 0.25) is 0 Å². The maximum absolute atomic E-state index is 9.91. The third kappa shape index (κ3) is 3.66. The third-order valence-electron chi connectivity index (χ3n) is 6.37. The highest BCUT2D eigenvalue weighted by molar-refractivity contribution is 7.13. The minimum Gasteiger partial charge on any atom is -0.377 e. The zero-order valence-electron chi connectivity index (χ0n) is 18.7. The maximum Gasteiger partial charge on any atom is 0.150 e. The number of nitrogens with zero attached hydrogens (tertiary/aromatic N) is 6. The summed E-state index contributed by atoms with van der Waals surface area (Å²) >= 11 is 1.40. The van der Waals surface area contributed by atoms with Crippen molar-refractivity contribution in [3.63, 3.8) is 0 Å². The van der Waals surface area contributed by atoms with Gasteiger partial charge in [0.05, 0.1) is 41.1 Å². The molecule has 0 aromatic carbocycles. The summed E-state index contributed by atoms with van der Waals surface area (Å²) < 4.78 is 19.3. The second kappa shape index (κ2) is 8.43. The number of morpholine rings is 1. The largest absolute Gasteiger partial charge is 0.377 e. The third-order valence-corrected chi connectivity index (χ3v) is 7.24. The first-order valence-electron chi connectivity index (χ1n) is 11.2. The number of fused-ring (bicyclic) bond motifs is 1. The van der Waals surface area contributed by atoms with Crippen LogP contribution in [0, 0.1) is 11.3 Å². The Balaban J connectivity index is 1.68. The number of hydrogen-bond donors (Lipinski definition) is 0. The predicted octanol–water partition coefficient (Wildman–Crippen LogP) is 4.28. The topological polar surface area (TPSA) is 89.1 Å². The van der Waals surface area contributed by atoms with Crippen LogP contribution in [0.4, 0.5) is 5.82 Å². The summed E-state index contributed by atoms with van der Waals surface area (Å²) in [6, 6.07) is 6.73. The molecule has 0 spiro atoms. The first-order valence-corrected chi connectivity index (χ1v) is 12.0. The van der Waals surface area contributed by atoms with Crippen LogP contribution in [0.25, 0.3) is 21.6 Å². The van der Waals surface area contributed by atoms with Gasteiger partial charge in [0.15, 0.2) is 6.23 Å². The van der Waals surface area contributed by atoms with Crippen molar-refractivity contribution < 1.29 is 9.47 Å². The van der Waals surface area contributed by atoms with Crippen LogP contribution in [-0.4, -0.2) is 51.5 Å². The van der Waals surface area contributed by atoms with Crippen LogP contribution in [0.1, 0.15) is 51.8 Å². The lowest BCUT2D eigenvalue weighted by Crippen LogP contribution is -2.44. The van der Waals surface area contributed by atoms with Crippen molar-refractivity contribution in [3.8, 4) is 17.5 Å². The van der Waals surface area contributed by atoms with Crippen molar-refractivity contribution >= 4 is 27.6 Å². The van der Waals surface area contributed by atoms with Crippen LogP contribution in [0.5, 0.6) is 0 Å². The fourth-order valence-corrected chi connectivity index (χ4v) is 5.47. The molecular formula is C23H28N6O2S. The van der Waals surface area contributed by atoms with E-state index >= 15 is 0 Å². The number of hydrogen-bond acceptors (Lipinski definition) is 8. The van der Waals surface area contributed by atoms with E-state index in [1.54, 1.807) is 6.20 Å². The van der Waals surface area contributed by atoms with Crippen molar-refractivity contribution in [1.29, 1.82) is 5.26 Å². The number of rotatable bonds is 4. The van der Waals surface area contributed by atoms with Crippen LogP contribution in [0.2, 0.25) is 0 Å². The lowest BCUT2D eigenvalue weighted by molar-refractivity contribution is -0.0383. The fraction of sp³-hybridized carbons (Fsp3) is 0.565. The van der Waals surface area contributed by atoms with Crippen LogP contribution in [0.3, 0.4) is 0 Å². The molecule has 2 aliphatic rings. The summed E-state index contributed by atoms with van der Waals surface area (Å²) in [5.74, 6) is 0.869. The summed E-state index contributed by atoms with van der Waals surface area (Å²) in [6.45, 7) is 8.90. The maximum atomic E-state index is 9.91. The Morgan fingerprint density at radius 3 is 2.91 bits per heavy atom. The van der Waals surface area contributed by atoms with Crippen LogP contribution < -0.4 is 4.90 Å².